The van der Waals surface area contributed by atoms with Gasteiger partial charge in [0.15, 0.2) is 6.29 Å². The zero-order valence-electron chi connectivity index (χ0n) is 5.76. The molecule has 0 aliphatic rings. The highest BCUT2D eigenvalue weighted by Gasteiger charge is 2.05. The Morgan fingerprint density at radius 3 is 2.67 bits per heavy atom. The zero-order valence-corrected chi connectivity index (χ0v) is 5.76. The van der Waals surface area contributed by atoms with Crippen LogP contribution in [-0.4, -0.2) is 24.3 Å². The largest absolute Gasteiger partial charge is 0.368 e. The molecule has 0 heterocycles. The van der Waals surface area contributed by atoms with Crippen molar-refractivity contribution < 1.29 is 14.6 Å². The van der Waals surface area contributed by atoms with Crippen LogP contribution in [0.5, 0.6) is 0 Å². The normalized spacial score (nSPS) is 13.2. The minimum Gasteiger partial charge on any atom is -0.368 e. The number of hydrogen-bond acceptors (Lipinski definition) is 3. The summed E-state index contributed by atoms with van der Waals surface area (Å²) < 4.78 is 4.46. The van der Waals surface area contributed by atoms with Gasteiger partial charge in [-0.3, -0.25) is 4.79 Å². The lowest BCUT2D eigenvalue weighted by molar-refractivity contribution is -0.130. The quantitative estimate of drug-likeness (QED) is 0.560. The fourth-order valence-corrected chi connectivity index (χ4v) is 0.422. The number of ketones is 1. The van der Waals surface area contributed by atoms with E-state index in [1.807, 2.05) is 0 Å². The molecule has 1 N–H and O–H groups in total. The average molecular weight is 132 g/mol. The van der Waals surface area contributed by atoms with E-state index in [9.17, 15) is 4.79 Å². The second kappa shape index (κ2) is 4.47. The van der Waals surface area contributed by atoms with Crippen LogP contribution in [0.3, 0.4) is 0 Å². The molecule has 1 unspecified atom stereocenters. The van der Waals surface area contributed by atoms with Crippen LogP contribution in [-0.2, 0) is 9.53 Å². The van der Waals surface area contributed by atoms with Crippen molar-refractivity contribution in [3.05, 3.63) is 0 Å². The molecule has 0 aliphatic heterocycles. The summed E-state index contributed by atoms with van der Waals surface area (Å²) in [5.74, 6) is 0.0179. The number of Topliss-reactive ketones (excluding diaryl/α,β-unsaturated/α-hetero) is 1. The number of hydrogen-bond donors (Lipinski definition) is 1. The summed E-state index contributed by atoms with van der Waals surface area (Å²) in [5, 5.41) is 8.72. The second-order valence-electron chi connectivity index (χ2n) is 1.79. The van der Waals surface area contributed by atoms with E-state index in [-0.39, 0.29) is 12.2 Å². The van der Waals surface area contributed by atoms with Crippen LogP contribution in [0.1, 0.15) is 19.8 Å². The first kappa shape index (κ1) is 8.59. The van der Waals surface area contributed by atoms with E-state index in [0.29, 0.717) is 6.42 Å². The standard InChI is InChI=1S/C6H12O3/c1-3-5(7)4-6(8)9-2/h6,8H,3-4H2,1-2H3. The summed E-state index contributed by atoms with van der Waals surface area (Å²) in [7, 11) is 1.37. The lowest BCUT2D eigenvalue weighted by Gasteiger charge is -2.04. The third kappa shape index (κ3) is 4.12. The molecule has 3 nitrogen and oxygen atoms in total. The van der Waals surface area contributed by atoms with Crippen molar-refractivity contribution in [2.45, 2.75) is 26.1 Å². The number of carbonyl (C=O) groups excluding carboxylic acids is 1. The molecule has 0 rings (SSSR count). The van der Waals surface area contributed by atoms with Crippen molar-refractivity contribution >= 4 is 5.78 Å². The molecule has 0 saturated heterocycles. The lowest BCUT2D eigenvalue weighted by Crippen LogP contribution is -2.14. The molecule has 3 heteroatoms. The van der Waals surface area contributed by atoms with E-state index >= 15 is 0 Å². The van der Waals surface area contributed by atoms with Crippen LogP contribution in [0.2, 0.25) is 0 Å². The predicted octanol–water partition coefficient (Wildman–Crippen LogP) is 0.320. The molecule has 0 aromatic heterocycles. The highest BCUT2D eigenvalue weighted by atomic mass is 16.6. The van der Waals surface area contributed by atoms with Crippen molar-refractivity contribution in [3.8, 4) is 0 Å². The van der Waals surface area contributed by atoms with Gasteiger partial charge in [-0.2, -0.15) is 0 Å². The van der Waals surface area contributed by atoms with E-state index in [1.54, 1.807) is 6.92 Å². The zero-order chi connectivity index (χ0) is 7.28. The van der Waals surface area contributed by atoms with Gasteiger partial charge in [0.2, 0.25) is 0 Å². The van der Waals surface area contributed by atoms with Gasteiger partial charge in [0.05, 0.1) is 6.42 Å². The van der Waals surface area contributed by atoms with Gasteiger partial charge in [0, 0.05) is 13.5 Å². The molecule has 0 amide bonds. The number of ether oxygens (including phenoxy) is 1. The maximum Gasteiger partial charge on any atom is 0.161 e. The molecule has 0 bridgehead atoms. The van der Waals surface area contributed by atoms with Crippen molar-refractivity contribution in [3.63, 3.8) is 0 Å². The summed E-state index contributed by atoms with van der Waals surface area (Å²) in [5.41, 5.74) is 0. The number of carbonyl (C=O) groups is 1. The Hall–Kier alpha value is -0.410. The van der Waals surface area contributed by atoms with E-state index in [0.717, 1.165) is 0 Å². The summed E-state index contributed by atoms with van der Waals surface area (Å²) in [6.07, 6.45) is -0.356. The molecular weight excluding hydrogens is 120 g/mol. The first-order valence-electron chi connectivity index (χ1n) is 2.93. The molecule has 1 atom stereocenters. The Bertz CT molecular complexity index is 90.3. The number of methoxy groups -OCH3 is 1. The fraction of sp³-hybridized carbons (Fsp3) is 0.833. The van der Waals surface area contributed by atoms with Crippen LogP contribution in [0.4, 0.5) is 0 Å². The lowest BCUT2D eigenvalue weighted by atomic mass is 10.2. The molecule has 54 valence electrons. The molecule has 0 aliphatic carbocycles. The summed E-state index contributed by atoms with van der Waals surface area (Å²) in [6.45, 7) is 1.75. The minimum absolute atomic E-state index is 0.0179. The van der Waals surface area contributed by atoms with E-state index in [4.69, 9.17) is 5.11 Å². The first-order chi connectivity index (χ1) is 4.20. The third-order valence-corrected chi connectivity index (χ3v) is 1.07. The van der Waals surface area contributed by atoms with Gasteiger partial charge >= 0.3 is 0 Å². The maximum atomic E-state index is 10.5. The van der Waals surface area contributed by atoms with Crippen LogP contribution in [0.25, 0.3) is 0 Å². The van der Waals surface area contributed by atoms with Crippen molar-refractivity contribution in [2.24, 2.45) is 0 Å². The molecule has 0 fully saturated rings. The maximum absolute atomic E-state index is 10.5. The van der Waals surface area contributed by atoms with Crippen LogP contribution < -0.4 is 0 Å². The van der Waals surface area contributed by atoms with Gasteiger partial charge in [-0.05, 0) is 0 Å². The van der Waals surface area contributed by atoms with Crippen LogP contribution in [0, 0.1) is 0 Å². The van der Waals surface area contributed by atoms with Crippen LogP contribution in [0.15, 0.2) is 0 Å². The Morgan fingerprint density at radius 2 is 2.33 bits per heavy atom. The average Bonchev–Trinajstić information content (AvgIpc) is 1.87. The predicted molar refractivity (Wildman–Crippen MR) is 32.9 cm³/mol. The number of aliphatic hydroxyl groups is 1. The number of rotatable bonds is 4. The van der Waals surface area contributed by atoms with E-state index < -0.39 is 6.29 Å². The molecule has 0 aromatic carbocycles. The molecular formula is C6H12O3. The van der Waals surface area contributed by atoms with Gasteiger partial charge < -0.3 is 9.84 Å². The van der Waals surface area contributed by atoms with Gasteiger partial charge in [-0.1, -0.05) is 6.92 Å². The second-order valence-corrected chi connectivity index (χ2v) is 1.79. The highest BCUT2D eigenvalue weighted by molar-refractivity contribution is 5.78. The minimum atomic E-state index is -0.919. The van der Waals surface area contributed by atoms with Gasteiger partial charge in [0.1, 0.15) is 5.78 Å². The molecule has 0 aromatic rings. The smallest absolute Gasteiger partial charge is 0.161 e. The Kier molecular flexibility index (Phi) is 4.26. The van der Waals surface area contributed by atoms with Crippen molar-refractivity contribution in [1.29, 1.82) is 0 Å². The van der Waals surface area contributed by atoms with E-state index in [1.165, 1.54) is 7.11 Å². The molecule has 9 heavy (non-hydrogen) atoms. The fourth-order valence-electron chi connectivity index (χ4n) is 0.422. The SMILES string of the molecule is CCC(=O)CC(O)OC. The Morgan fingerprint density at radius 1 is 1.78 bits per heavy atom. The Balaban J connectivity index is 3.34. The summed E-state index contributed by atoms with van der Waals surface area (Å²) >= 11 is 0. The topological polar surface area (TPSA) is 46.5 Å². The van der Waals surface area contributed by atoms with E-state index in [2.05, 4.69) is 4.74 Å². The highest BCUT2D eigenvalue weighted by Crippen LogP contribution is 1.95. The van der Waals surface area contributed by atoms with Gasteiger partial charge in [-0.25, -0.2) is 0 Å². The monoisotopic (exact) mass is 132 g/mol. The van der Waals surface area contributed by atoms with Crippen molar-refractivity contribution in [1.82, 2.24) is 0 Å². The third-order valence-electron chi connectivity index (χ3n) is 1.07. The van der Waals surface area contributed by atoms with Gasteiger partial charge in [-0.15, -0.1) is 0 Å². The number of aliphatic hydroxyl groups excluding tert-OH is 1. The molecule has 0 spiro atoms. The van der Waals surface area contributed by atoms with Crippen molar-refractivity contribution in [2.75, 3.05) is 7.11 Å². The first-order valence-corrected chi connectivity index (χ1v) is 2.93. The van der Waals surface area contributed by atoms with Gasteiger partial charge in [0.25, 0.3) is 0 Å². The van der Waals surface area contributed by atoms with Crippen LogP contribution >= 0.6 is 0 Å². The molecule has 0 saturated carbocycles. The summed E-state index contributed by atoms with van der Waals surface area (Å²) in [4.78, 5) is 10.5. The summed E-state index contributed by atoms with van der Waals surface area (Å²) in [6, 6.07) is 0. The molecule has 0 radical (unpaired) electrons. The Labute approximate surface area is 54.6 Å².